The zero-order chi connectivity index (χ0) is 40.0. The highest BCUT2D eigenvalue weighted by atomic mass is 35.5. The molecule has 0 saturated carbocycles. The van der Waals surface area contributed by atoms with Crippen LogP contribution >= 0.6 is 11.6 Å². The number of imide groups is 2. The van der Waals surface area contributed by atoms with E-state index in [-0.39, 0.29) is 29.6 Å². The molecule has 0 radical (unpaired) electrons. The van der Waals surface area contributed by atoms with Crippen molar-refractivity contribution in [3.05, 3.63) is 93.5 Å². The van der Waals surface area contributed by atoms with Crippen molar-refractivity contribution in [3.8, 4) is 6.07 Å². The topological polar surface area (TPSA) is 154 Å². The number of nitriles is 1. The number of benzene rings is 3. The number of nitrogens with one attached hydrogen (secondary N) is 1. The Balaban J connectivity index is 0.000000190. The summed E-state index contributed by atoms with van der Waals surface area (Å²) in [7, 11) is 2.08. The minimum Gasteiger partial charge on any atom is -0.371 e. The van der Waals surface area contributed by atoms with E-state index in [2.05, 4.69) is 33.1 Å². The average Bonchev–Trinajstić information content (AvgIpc) is 3.74. The highest BCUT2D eigenvalue weighted by Gasteiger charge is 2.42. The van der Waals surface area contributed by atoms with Gasteiger partial charge in [0.15, 0.2) is 0 Å². The van der Waals surface area contributed by atoms with Crippen LogP contribution < -0.4 is 15.1 Å². The van der Waals surface area contributed by atoms with Gasteiger partial charge < -0.3 is 19.6 Å². The molecule has 13 nitrogen and oxygen atoms in total. The Morgan fingerprint density at radius 2 is 1.55 bits per heavy atom. The van der Waals surface area contributed by atoms with Gasteiger partial charge in [-0.2, -0.15) is 5.26 Å². The molecule has 7 rings (SSSR count). The third-order valence-electron chi connectivity index (χ3n) is 11.5. The van der Waals surface area contributed by atoms with Crippen LogP contribution in [0.1, 0.15) is 86.0 Å². The Kier molecular flexibility index (Phi) is 12.5. The first kappa shape index (κ1) is 40.1. The molecule has 3 fully saturated rings. The second-order valence-corrected chi connectivity index (χ2v) is 15.5. The lowest BCUT2D eigenvalue weighted by Gasteiger charge is -2.39. The number of fused-ring (bicyclic) bond motifs is 1. The maximum absolute atomic E-state index is 12.8. The number of likely N-dealkylation sites (tertiary alicyclic amines) is 1. The van der Waals surface area contributed by atoms with Gasteiger partial charge >= 0.3 is 0 Å². The predicted molar refractivity (Wildman–Crippen MR) is 212 cm³/mol. The third-order valence-corrected chi connectivity index (χ3v) is 11.8. The van der Waals surface area contributed by atoms with E-state index in [4.69, 9.17) is 16.9 Å². The van der Waals surface area contributed by atoms with Crippen molar-refractivity contribution in [3.63, 3.8) is 0 Å². The van der Waals surface area contributed by atoms with E-state index in [1.165, 1.54) is 4.90 Å². The highest BCUT2D eigenvalue weighted by Crippen LogP contribution is 2.42. The van der Waals surface area contributed by atoms with Gasteiger partial charge in [-0.05, 0) is 93.6 Å². The second kappa shape index (κ2) is 17.5. The first-order valence-corrected chi connectivity index (χ1v) is 19.3. The number of amides is 5. The lowest BCUT2D eigenvalue weighted by atomic mass is 9.77. The smallest absolute Gasteiger partial charge is 0.261 e. The number of rotatable bonds is 9. The number of nitrogens with zero attached hydrogens (tertiary/aromatic N) is 6. The molecule has 0 aromatic heterocycles. The number of likely N-dealkylation sites (N-methyl/N-ethyl adjacent to an activating group) is 1. The predicted octanol–water partition coefficient (Wildman–Crippen LogP) is 4.63. The molecule has 0 aliphatic carbocycles. The first-order chi connectivity index (χ1) is 26.9. The van der Waals surface area contributed by atoms with Crippen LogP contribution in [0.5, 0.6) is 0 Å². The minimum absolute atomic E-state index is 0.00252. The van der Waals surface area contributed by atoms with Gasteiger partial charge in [-0.15, -0.1) is 0 Å². The van der Waals surface area contributed by atoms with Gasteiger partial charge in [0.05, 0.1) is 21.7 Å². The first-order valence-electron chi connectivity index (χ1n) is 18.9. The quantitative estimate of drug-likeness (QED) is 0.240. The molecule has 14 heteroatoms. The summed E-state index contributed by atoms with van der Waals surface area (Å²) in [5.41, 5.74) is 4.63. The van der Waals surface area contributed by atoms with Crippen LogP contribution in [0.15, 0.2) is 60.7 Å². The number of carbonyl (C=O) groups is 6. The number of piperazine rings is 1. The fourth-order valence-corrected chi connectivity index (χ4v) is 8.20. The number of hydrogen-bond donors (Lipinski definition) is 1. The molecular formula is C42H46ClN7O6. The lowest BCUT2D eigenvalue weighted by Crippen LogP contribution is -2.44. The second-order valence-electron chi connectivity index (χ2n) is 15.1. The summed E-state index contributed by atoms with van der Waals surface area (Å²) in [4.78, 5) is 81.0. The molecule has 1 unspecified atom stereocenters. The van der Waals surface area contributed by atoms with Gasteiger partial charge in [0, 0.05) is 87.3 Å². The van der Waals surface area contributed by atoms with Crippen LogP contribution in [0, 0.1) is 16.7 Å². The third kappa shape index (κ3) is 8.77. The summed E-state index contributed by atoms with van der Waals surface area (Å²) in [5.74, 6) is -1.08. The van der Waals surface area contributed by atoms with Gasteiger partial charge in [-0.25, -0.2) is 0 Å². The fraction of sp³-hybridized carbons (Fsp3) is 0.405. The molecule has 1 N–H and O–H groups in total. The van der Waals surface area contributed by atoms with Gasteiger partial charge in [-0.3, -0.25) is 39.0 Å². The van der Waals surface area contributed by atoms with Gasteiger partial charge in [0.25, 0.3) is 17.7 Å². The zero-order valence-electron chi connectivity index (χ0n) is 31.7. The van der Waals surface area contributed by atoms with E-state index in [0.717, 1.165) is 89.3 Å². The molecule has 3 aromatic rings. The standard InChI is InChI=1S/C23H22ClN3O2.C19H24N4O4/c24-21-13-20(5-4-19(21)14-25)27-11-8-23(16-27)6-9-26(10-7-23)22(29)18-3-1-2-17(12-18)15-28;1-13(3-6-17(25)20-12-24)23-18(26)15-5-4-14(11-16(15)19(23)27)22-9-7-21(2)8-10-22/h1-5,12-13,15H,6-11,16H2;4-5,11-13H,3,6-10H2,1-2H3,(H,20,24,25). The average molecular weight is 780 g/mol. The maximum atomic E-state index is 12.8. The summed E-state index contributed by atoms with van der Waals surface area (Å²) in [6, 6.07) is 19.6. The highest BCUT2D eigenvalue weighted by molar-refractivity contribution is 6.32. The molecule has 292 valence electrons. The molecule has 4 aliphatic heterocycles. The SMILES string of the molecule is CC(CCC(=O)NC=O)N1C(=O)c2ccc(N3CCN(C)CC3)cc2C1=O.N#Cc1ccc(N2CCC3(CCN(C(=O)c4cccc(C=O)c4)CC3)C2)cc1Cl. The molecule has 4 aliphatic rings. The number of aldehydes is 1. The normalized spacial score (nSPS) is 18.2. The van der Waals surface area contributed by atoms with E-state index in [1.807, 2.05) is 23.1 Å². The summed E-state index contributed by atoms with van der Waals surface area (Å²) in [6.45, 7) is 8.75. The van der Waals surface area contributed by atoms with E-state index >= 15 is 0 Å². The summed E-state index contributed by atoms with van der Waals surface area (Å²) in [6.07, 6.45) is 4.49. The molecule has 4 heterocycles. The molecular weight excluding hydrogens is 734 g/mol. The van der Waals surface area contributed by atoms with E-state index < -0.39 is 11.9 Å². The maximum Gasteiger partial charge on any atom is 0.261 e. The van der Waals surface area contributed by atoms with Gasteiger partial charge in [-0.1, -0.05) is 23.7 Å². The van der Waals surface area contributed by atoms with E-state index in [1.54, 1.807) is 49.4 Å². The number of hydrogen-bond acceptors (Lipinski definition) is 10. The zero-order valence-corrected chi connectivity index (χ0v) is 32.5. The van der Waals surface area contributed by atoms with E-state index in [9.17, 15) is 28.8 Å². The number of anilines is 2. The van der Waals surface area contributed by atoms with Crippen LogP contribution in [0.4, 0.5) is 11.4 Å². The monoisotopic (exact) mass is 779 g/mol. The van der Waals surface area contributed by atoms with Crippen molar-refractivity contribution in [2.45, 2.75) is 45.1 Å². The molecule has 0 bridgehead atoms. The van der Waals surface area contributed by atoms with Crippen LogP contribution in [0.2, 0.25) is 5.02 Å². The summed E-state index contributed by atoms with van der Waals surface area (Å²) >= 11 is 6.20. The van der Waals surface area contributed by atoms with Crippen LogP contribution in [0.3, 0.4) is 0 Å². The molecule has 3 saturated heterocycles. The van der Waals surface area contributed by atoms with Crippen molar-refractivity contribution < 1.29 is 28.8 Å². The number of carbonyl (C=O) groups excluding carboxylic acids is 6. The lowest BCUT2D eigenvalue weighted by molar-refractivity contribution is -0.125. The number of halogens is 1. The summed E-state index contributed by atoms with van der Waals surface area (Å²) in [5, 5.41) is 11.6. The van der Waals surface area contributed by atoms with Crippen molar-refractivity contribution >= 4 is 59.3 Å². The minimum atomic E-state index is -0.429. The van der Waals surface area contributed by atoms with Crippen LogP contribution in [-0.2, 0) is 9.59 Å². The molecule has 1 spiro atoms. The Morgan fingerprint density at radius 1 is 0.875 bits per heavy atom. The molecule has 56 heavy (non-hydrogen) atoms. The van der Waals surface area contributed by atoms with Crippen LogP contribution in [-0.4, -0.2) is 116 Å². The van der Waals surface area contributed by atoms with Crippen LogP contribution in [0.25, 0.3) is 0 Å². The Hall–Kier alpha value is -5.58. The Bertz CT molecular complexity index is 2050. The largest absolute Gasteiger partial charge is 0.371 e. The summed E-state index contributed by atoms with van der Waals surface area (Å²) < 4.78 is 0. The Morgan fingerprint density at radius 3 is 2.23 bits per heavy atom. The van der Waals surface area contributed by atoms with Crippen molar-refractivity contribution in [1.82, 2.24) is 20.0 Å². The molecule has 3 aromatic carbocycles. The van der Waals surface area contributed by atoms with Crippen molar-refractivity contribution in [2.75, 3.05) is 69.2 Å². The fourth-order valence-electron chi connectivity index (χ4n) is 7.98. The van der Waals surface area contributed by atoms with Crippen molar-refractivity contribution in [1.29, 1.82) is 5.26 Å². The van der Waals surface area contributed by atoms with Gasteiger partial charge in [0.2, 0.25) is 12.3 Å². The van der Waals surface area contributed by atoms with Gasteiger partial charge in [0.1, 0.15) is 12.4 Å². The van der Waals surface area contributed by atoms with E-state index in [0.29, 0.717) is 45.7 Å². The molecule has 1 atom stereocenters. The Labute approximate surface area is 331 Å². The van der Waals surface area contributed by atoms with Crippen molar-refractivity contribution in [2.24, 2.45) is 5.41 Å². The number of piperidine rings is 1. The molecule has 5 amide bonds.